The van der Waals surface area contributed by atoms with Crippen molar-refractivity contribution < 1.29 is 0 Å². The molecule has 0 aromatic heterocycles. The summed E-state index contributed by atoms with van der Waals surface area (Å²) in [5.41, 5.74) is 9.14. The molecule has 0 saturated heterocycles. The Kier molecular flexibility index (Phi) is 11.0. The quantitative estimate of drug-likeness (QED) is 0.181. The first-order valence-electron chi connectivity index (χ1n) is 11.8. The largest absolute Gasteiger partial charge is 0.253 e. The summed E-state index contributed by atoms with van der Waals surface area (Å²) in [6, 6.07) is 16.8. The Labute approximate surface area is 212 Å². The van der Waals surface area contributed by atoms with Gasteiger partial charge in [0.05, 0.1) is 5.70 Å². The number of nitrogens with zero attached hydrogens (tertiary/aromatic N) is 1. The second kappa shape index (κ2) is 14.2. The molecule has 35 heavy (non-hydrogen) atoms. The first-order valence-corrected chi connectivity index (χ1v) is 11.8. The smallest absolute Gasteiger partial charge is 0.0642 e. The van der Waals surface area contributed by atoms with Crippen LogP contribution in [-0.4, -0.2) is 5.71 Å². The molecule has 0 aliphatic heterocycles. The van der Waals surface area contributed by atoms with Crippen molar-refractivity contribution in [1.82, 2.24) is 0 Å². The van der Waals surface area contributed by atoms with E-state index in [-0.39, 0.29) is 0 Å². The Morgan fingerprint density at radius 3 is 2.31 bits per heavy atom. The lowest BCUT2D eigenvalue weighted by Gasteiger charge is -2.17. The average Bonchev–Trinajstić information content (AvgIpc) is 2.87. The second-order valence-electron chi connectivity index (χ2n) is 8.28. The molecule has 0 heterocycles. The number of hydrogen-bond donors (Lipinski definition) is 0. The van der Waals surface area contributed by atoms with E-state index in [2.05, 4.69) is 88.0 Å². The third-order valence-corrected chi connectivity index (χ3v) is 5.63. The van der Waals surface area contributed by atoms with Crippen LogP contribution >= 0.6 is 0 Å². The van der Waals surface area contributed by atoms with E-state index in [0.29, 0.717) is 5.70 Å². The van der Waals surface area contributed by atoms with Gasteiger partial charge < -0.3 is 0 Å². The van der Waals surface area contributed by atoms with Crippen LogP contribution < -0.4 is 0 Å². The number of rotatable bonds is 11. The fraction of sp³-hybridized carbons (Fsp3) is 0.147. The summed E-state index contributed by atoms with van der Waals surface area (Å²) in [6.07, 6.45) is 20.7. The predicted molar refractivity (Wildman–Crippen MR) is 155 cm³/mol. The van der Waals surface area contributed by atoms with Crippen LogP contribution in [0.2, 0.25) is 0 Å². The summed E-state index contributed by atoms with van der Waals surface area (Å²) in [7, 11) is 0. The van der Waals surface area contributed by atoms with Gasteiger partial charge in [0.15, 0.2) is 0 Å². The summed E-state index contributed by atoms with van der Waals surface area (Å²) >= 11 is 0. The van der Waals surface area contributed by atoms with Gasteiger partial charge in [-0.15, -0.1) is 6.42 Å². The molecule has 0 aliphatic carbocycles. The van der Waals surface area contributed by atoms with Gasteiger partial charge in [-0.05, 0) is 50.3 Å². The first-order chi connectivity index (χ1) is 16.9. The van der Waals surface area contributed by atoms with Crippen molar-refractivity contribution in [2.75, 3.05) is 0 Å². The van der Waals surface area contributed by atoms with E-state index in [0.717, 1.165) is 46.4 Å². The SMILES string of the molecule is C#C/C(C)=C(/C=C\C=C)C(=C)N=C(CC/C(C)=C/C=C\C=C)c1c(C)cccc1-c1ccccc1. The molecule has 0 bridgehead atoms. The van der Waals surface area contributed by atoms with E-state index in [1.54, 1.807) is 12.2 Å². The van der Waals surface area contributed by atoms with Crippen molar-refractivity contribution in [3.05, 3.63) is 144 Å². The van der Waals surface area contributed by atoms with Gasteiger partial charge in [-0.3, -0.25) is 4.99 Å². The van der Waals surface area contributed by atoms with Gasteiger partial charge in [-0.1, -0.05) is 122 Å². The predicted octanol–water partition coefficient (Wildman–Crippen LogP) is 9.13. The first kappa shape index (κ1) is 27.1. The van der Waals surface area contributed by atoms with Gasteiger partial charge >= 0.3 is 0 Å². The Balaban J connectivity index is 2.67. The zero-order valence-electron chi connectivity index (χ0n) is 21.2. The van der Waals surface area contributed by atoms with E-state index in [4.69, 9.17) is 11.4 Å². The van der Waals surface area contributed by atoms with Crippen LogP contribution in [0.25, 0.3) is 11.1 Å². The molecule has 2 aromatic carbocycles. The lowest BCUT2D eigenvalue weighted by atomic mass is 9.90. The molecule has 0 fully saturated rings. The van der Waals surface area contributed by atoms with Crippen molar-refractivity contribution in [2.45, 2.75) is 33.6 Å². The summed E-state index contributed by atoms with van der Waals surface area (Å²) in [5, 5.41) is 0. The molecule has 1 heteroatoms. The normalized spacial score (nSPS) is 13.0. The van der Waals surface area contributed by atoms with Crippen LogP contribution in [0.5, 0.6) is 0 Å². The van der Waals surface area contributed by atoms with Crippen molar-refractivity contribution in [2.24, 2.45) is 4.99 Å². The third-order valence-electron chi connectivity index (χ3n) is 5.63. The average molecular weight is 458 g/mol. The molecular formula is C34H35N. The fourth-order valence-electron chi connectivity index (χ4n) is 3.75. The highest BCUT2D eigenvalue weighted by molar-refractivity contribution is 6.08. The van der Waals surface area contributed by atoms with E-state index < -0.39 is 0 Å². The number of allylic oxidation sites excluding steroid dienone is 9. The minimum Gasteiger partial charge on any atom is -0.253 e. The number of aliphatic imine (C=N–C) groups is 1. The fourth-order valence-corrected chi connectivity index (χ4v) is 3.75. The molecule has 0 N–H and O–H groups in total. The zero-order chi connectivity index (χ0) is 25.6. The Morgan fingerprint density at radius 1 is 0.943 bits per heavy atom. The minimum absolute atomic E-state index is 0.643. The van der Waals surface area contributed by atoms with Crippen molar-refractivity contribution >= 4 is 5.71 Å². The van der Waals surface area contributed by atoms with Crippen molar-refractivity contribution in [3.63, 3.8) is 0 Å². The van der Waals surface area contributed by atoms with Gasteiger partial charge in [0, 0.05) is 22.4 Å². The molecule has 0 spiro atoms. The van der Waals surface area contributed by atoms with Crippen LogP contribution in [0.4, 0.5) is 0 Å². The third kappa shape index (κ3) is 7.98. The van der Waals surface area contributed by atoms with E-state index in [9.17, 15) is 0 Å². The summed E-state index contributed by atoms with van der Waals surface area (Å²) in [4.78, 5) is 5.11. The molecule has 1 nitrogen and oxygen atoms in total. The molecule has 0 amide bonds. The number of hydrogen-bond acceptors (Lipinski definition) is 1. The van der Waals surface area contributed by atoms with Crippen LogP contribution in [0.3, 0.4) is 0 Å². The Hall–Kier alpha value is -4.15. The molecule has 2 aromatic rings. The lowest BCUT2D eigenvalue weighted by molar-refractivity contribution is 1.01. The van der Waals surface area contributed by atoms with E-state index in [1.807, 2.05) is 37.3 Å². The molecule has 0 radical (unpaired) electrons. The summed E-state index contributed by atoms with van der Waals surface area (Å²) < 4.78 is 0. The standard InChI is InChI=1S/C34H35N/c1-8-11-14-18-26(4)24-25-33(35-29(7)31(22-12-9-2)27(5)10-3)34-28(6)19-17-23-32(34)30-20-15-13-16-21-30/h3,8-9,11-23H,1-2,7,24-25H2,4-6H3/b14-11-,22-12-,26-18+,31-27-,35-33?. The monoisotopic (exact) mass is 457 g/mol. The summed E-state index contributed by atoms with van der Waals surface area (Å²) in [5.74, 6) is 2.73. The van der Waals surface area contributed by atoms with Crippen LogP contribution in [0.1, 0.15) is 37.8 Å². The van der Waals surface area contributed by atoms with Gasteiger partial charge in [-0.2, -0.15) is 0 Å². The number of benzene rings is 2. The van der Waals surface area contributed by atoms with Crippen molar-refractivity contribution in [3.8, 4) is 23.5 Å². The summed E-state index contributed by atoms with van der Waals surface area (Å²) in [6.45, 7) is 18.0. The number of terminal acetylenes is 1. The Morgan fingerprint density at radius 2 is 1.66 bits per heavy atom. The molecule has 0 unspecified atom stereocenters. The van der Waals surface area contributed by atoms with Crippen molar-refractivity contribution in [1.29, 1.82) is 0 Å². The zero-order valence-corrected chi connectivity index (χ0v) is 21.2. The Bertz CT molecular complexity index is 1250. The van der Waals surface area contributed by atoms with Crippen LogP contribution in [0.15, 0.2) is 138 Å². The topological polar surface area (TPSA) is 12.4 Å². The second-order valence-corrected chi connectivity index (χ2v) is 8.28. The number of aryl methyl sites for hydroxylation is 1. The highest BCUT2D eigenvalue weighted by Gasteiger charge is 2.15. The molecule has 2 rings (SSSR count). The van der Waals surface area contributed by atoms with Gasteiger partial charge in [0.25, 0.3) is 0 Å². The molecule has 0 atom stereocenters. The van der Waals surface area contributed by atoms with Gasteiger partial charge in [0.2, 0.25) is 0 Å². The van der Waals surface area contributed by atoms with Crippen LogP contribution in [0, 0.1) is 19.3 Å². The maximum Gasteiger partial charge on any atom is 0.0642 e. The van der Waals surface area contributed by atoms with Crippen LogP contribution in [-0.2, 0) is 0 Å². The van der Waals surface area contributed by atoms with Gasteiger partial charge in [0.1, 0.15) is 0 Å². The maximum absolute atomic E-state index is 5.73. The molecule has 0 saturated carbocycles. The molecule has 176 valence electrons. The van der Waals surface area contributed by atoms with E-state index >= 15 is 0 Å². The lowest BCUT2D eigenvalue weighted by Crippen LogP contribution is -2.08. The molecule has 0 aliphatic rings. The molecular weight excluding hydrogens is 422 g/mol. The highest BCUT2D eigenvalue weighted by atomic mass is 14.8. The maximum atomic E-state index is 5.73. The highest BCUT2D eigenvalue weighted by Crippen LogP contribution is 2.30. The van der Waals surface area contributed by atoms with E-state index in [1.165, 1.54) is 11.1 Å². The van der Waals surface area contributed by atoms with Gasteiger partial charge in [-0.25, -0.2) is 0 Å². The minimum atomic E-state index is 0.643.